The fraction of sp³-hybridized carbons (Fsp3) is 0.269. The number of amides is 1. The van der Waals surface area contributed by atoms with E-state index in [4.69, 9.17) is 14.1 Å². The second kappa shape index (κ2) is 10.0. The van der Waals surface area contributed by atoms with Crippen molar-refractivity contribution in [2.24, 2.45) is 0 Å². The first-order valence-electron chi connectivity index (χ1n) is 11.3. The van der Waals surface area contributed by atoms with Crippen molar-refractivity contribution >= 4 is 34.6 Å². The molecule has 4 aromatic rings. The number of fused-ring (bicyclic) bond motifs is 1. The molecule has 10 heteroatoms. The number of esters is 2. The van der Waals surface area contributed by atoms with Gasteiger partial charge in [-0.25, -0.2) is 19.3 Å². The lowest BCUT2D eigenvalue weighted by Gasteiger charge is -2.11. The molecule has 186 valence electrons. The van der Waals surface area contributed by atoms with Crippen LogP contribution < -0.4 is 5.32 Å². The molecule has 0 saturated carbocycles. The number of hydrogen-bond donors (Lipinski definition) is 1. The largest absolute Gasteiger partial charge is 0.466 e. The molecule has 0 aliphatic rings. The SMILES string of the molecule is COC(=O)c1ccc(NC(=O)COC(=O)c2cc(-c3cc(C)oc3C)nc3c2cnn3C(C)C)cc1. The monoisotopic (exact) mass is 490 g/mol. The number of nitrogens with one attached hydrogen (secondary N) is 1. The highest BCUT2D eigenvalue weighted by Crippen LogP contribution is 2.30. The van der Waals surface area contributed by atoms with E-state index in [0.29, 0.717) is 33.7 Å². The molecule has 1 aromatic carbocycles. The molecule has 3 aromatic heterocycles. The Morgan fingerprint density at radius 1 is 1.08 bits per heavy atom. The zero-order valence-corrected chi connectivity index (χ0v) is 20.6. The van der Waals surface area contributed by atoms with Crippen molar-refractivity contribution in [2.75, 3.05) is 19.0 Å². The molecule has 10 nitrogen and oxygen atoms in total. The van der Waals surface area contributed by atoms with Gasteiger partial charge in [0.2, 0.25) is 0 Å². The van der Waals surface area contributed by atoms with E-state index in [-0.39, 0.29) is 11.6 Å². The summed E-state index contributed by atoms with van der Waals surface area (Å²) < 4.78 is 17.4. The third kappa shape index (κ3) is 4.97. The van der Waals surface area contributed by atoms with Crippen LogP contribution in [0.1, 0.15) is 52.1 Å². The van der Waals surface area contributed by atoms with Crippen molar-refractivity contribution in [3.63, 3.8) is 0 Å². The van der Waals surface area contributed by atoms with Gasteiger partial charge in [-0.2, -0.15) is 5.10 Å². The second-order valence-electron chi connectivity index (χ2n) is 8.50. The number of anilines is 1. The number of benzene rings is 1. The van der Waals surface area contributed by atoms with Crippen molar-refractivity contribution in [3.8, 4) is 11.3 Å². The highest BCUT2D eigenvalue weighted by molar-refractivity contribution is 6.05. The Bertz CT molecular complexity index is 1450. The number of hydrogen-bond acceptors (Lipinski definition) is 8. The normalized spacial score (nSPS) is 11.1. The average Bonchev–Trinajstić information content (AvgIpc) is 3.44. The van der Waals surface area contributed by atoms with Gasteiger partial charge in [0.25, 0.3) is 5.91 Å². The first kappa shape index (κ1) is 24.6. The molecule has 1 N–H and O–H groups in total. The van der Waals surface area contributed by atoms with Crippen LogP contribution in [0.5, 0.6) is 0 Å². The number of ether oxygens (including phenoxy) is 2. The molecule has 3 heterocycles. The molecular weight excluding hydrogens is 464 g/mol. The molecule has 0 aliphatic heterocycles. The number of rotatable bonds is 7. The minimum atomic E-state index is -0.680. The highest BCUT2D eigenvalue weighted by atomic mass is 16.5. The Labute approximate surface area is 207 Å². The maximum atomic E-state index is 13.1. The minimum Gasteiger partial charge on any atom is -0.466 e. The fourth-order valence-electron chi connectivity index (χ4n) is 3.80. The minimum absolute atomic E-state index is 0.0117. The third-order valence-corrected chi connectivity index (χ3v) is 5.52. The number of aromatic nitrogens is 3. The summed E-state index contributed by atoms with van der Waals surface area (Å²) in [6.45, 7) is 7.10. The number of carbonyl (C=O) groups is 3. The summed E-state index contributed by atoms with van der Waals surface area (Å²) in [5.41, 5.74) is 2.87. The number of methoxy groups -OCH3 is 1. The summed E-state index contributed by atoms with van der Waals surface area (Å²) in [5.74, 6) is -0.291. The van der Waals surface area contributed by atoms with Gasteiger partial charge in [0, 0.05) is 17.3 Å². The molecule has 0 atom stereocenters. The number of aryl methyl sites for hydroxylation is 2. The van der Waals surface area contributed by atoms with Gasteiger partial charge in [-0.1, -0.05) is 0 Å². The van der Waals surface area contributed by atoms with Crippen molar-refractivity contribution < 1.29 is 28.3 Å². The highest BCUT2D eigenvalue weighted by Gasteiger charge is 2.22. The molecule has 0 spiro atoms. The van der Waals surface area contributed by atoms with Crippen LogP contribution in [0, 0.1) is 13.8 Å². The Morgan fingerprint density at radius 3 is 2.42 bits per heavy atom. The van der Waals surface area contributed by atoms with Gasteiger partial charge in [0.15, 0.2) is 12.3 Å². The molecule has 4 rings (SSSR count). The summed E-state index contributed by atoms with van der Waals surface area (Å²) in [6, 6.07) is 9.65. The average molecular weight is 491 g/mol. The van der Waals surface area contributed by atoms with E-state index in [2.05, 4.69) is 15.2 Å². The van der Waals surface area contributed by atoms with E-state index in [1.807, 2.05) is 33.8 Å². The molecule has 0 fully saturated rings. The quantitative estimate of drug-likeness (QED) is 0.376. The van der Waals surface area contributed by atoms with Crippen molar-refractivity contribution in [1.82, 2.24) is 14.8 Å². The Morgan fingerprint density at radius 2 is 1.81 bits per heavy atom. The standard InChI is InChI=1S/C26H26N4O6/c1-14(2)30-24-21(12-27-30)20(11-22(29-24)19-10-15(3)36-16(19)4)26(33)35-13-23(31)28-18-8-6-17(7-9-18)25(32)34-5/h6-12,14H,13H2,1-5H3,(H,28,31). The number of nitrogens with zero attached hydrogens (tertiary/aromatic N) is 3. The summed E-state index contributed by atoms with van der Waals surface area (Å²) >= 11 is 0. The van der Waals surface area contributed by atoms with Crippen LogP contribution in [0.2, 0.25) is 0 Å². The van der Waals surface area contributed by atoms with Gasteiger partial charge < -0.3 is 19.2 Å². The summed E-state index contributed by atoms with van der Waals surface area (Å²) in [6.07, 6.45) is 1.57. The Kier molecular flexibility index (Phi) is 6.86. The van der Waals surface area contributed by atoms with Crippen LogP contribution in [-0.2, 0) is 14.3 Å². The number of carbonyl (C=O) groups excluding carboxylic acids is 3. The second-order valence-corrected chi connectivity index (χ2v) is 8.50. The molecule has 0 aliphatic carbocycles. The van der Waals surface area contributed by atoms with Crippen molar-refractivity contribution in [1.29, 1.82) is 0 Å². The van der Waals surface area contributed by atoms with E-state index in [1.165, 1.54) is 19.2 Å². The van der Waals surface area contributed by atoms with Crippen LogP contribution in [0.25, 0.3) is 22.3 Å². The first-order chi connectivity index (χ1) is 17.2. The van der Waals surface area contributed by atoms with E-state index >= 15 is 0 Å². The van der Waals surface area contributed by atoms with Crippen LogP contribution in [0.3, 0.4) is 0 Å². The first-order valence-corrected chi connectivity index (χ1v) is 11.3. The molecule has 0 unspecified atom stereocenters. The molecular formula is C26H26N4O6. The summed E-state index contributed by atoms with van der Waals surface area (Å²) in [4.78, 5) is 41.8. The maximum absolute atomic E-state index is 13.1. The topological polar surface area (TPSA) is 126 Å². The van der Waals surface area contributed by atoms with E-state index in [0.717, 1.165) is 11.3 Å². The Balaban J connectivity index is 1.55. The van der Waals surface area contributed by atoms with E-state index in [9.17, 15) is 14.4 Å². The lowest BCUT2D eigenvalue weighted by molar-refractivity contribution is -0.119. The lowest BCUT2D eigenvalue weighted by Crippen LogP contribution is -2.21. The molecule has 0 bridgehead atoms. The van der Waals surface area contributed by atoms with Crippen molar-refractivity contribution in [2.45, 2.75) is 33.7 Å². The molecule has 36 heavy (non-hydrogen) atoms. The van der Waals surface area contributed by atoms with Gasteiger partial charge in [-0.15, -0.1) is 0 Å². The lowest BCUT2D eigenvalue weighted by atomic mass is 10.1. The smallest absolute Gasteiger partial charge is 0.339 e. The molecule has 0 radical (unpaired) electrons. The fourth-order valence-corrected chi connectivity index (χ4v) is 3.80. The van der Waals surface area contributed by atoms with Crippen LogP contribution in [-0.4, -0.2) is 46.3 Å². The van der Waals surface area contributed by atoms with Crippen molar-refractivity contribution in [3.05, 3.63) is 65.2 Å². The summed E-state index contributed by atoms with van der Waals surface area (Å²) in [7, 11) is 1.29. The van der Waals surface area contributed by atoms with Crippen LogP contribution in [0.4, 0.5) is 5.69 Å². The van der Waals surface area contributed by atoms with Gasteiger partial charge in [0.1, 0.15) is 11.5 Å². The predicted molar refractivity (Wildman–Crippen MR) is 132 cm³/mol. The number of furan rings is 1. The van der Waals surface area contributed by atoms with Gasteiger partial charge in [-0.3, -0.25) is 4.79 Å². The van der Waals surface area contributed by atoms with Crippen LogP contribution in [0.15, 0.2) is 47.0 Å². The van der Waals surface area contributed by atoms with E-state index in [1.54, 1.807) is 29.1 Å². The van der Waals surface area contributed by atoms with Gasteiger partial charge in [-0.05, 0) is 64.1 Å². The number of pyridine rings is 1. The summed E-state index contributed by atoms with van der Waals surface area (Å²) in [5, 5.41) is 7.54. The van der Waals surface area contributed by atoms with E-state index < -0.39 is 24.5 Å². The Hall–Kier alpha value is -4.47. The maximum Gasteiger partial charge on any atom is 0.339 e. The predicted octanol–water partition coefficient (Wildman–Crippen LogP) is 4.47. The molecule has 0 saturated heterocycles. The van der Waals surface area contributed by atoms with Crippen LogP contribution >= 0.6 is 0 Å². The zero-order valence-electron chi connectivity index (χ0n) is 20.6. The zero-order chi connectivity index (χ0) is 26.0. The van der Waals surface area contributed by atoms with Gasteiger partial charge >= 0.3 is 11.9 Å². The molecule has 1 amide bonds. The third-order valence-electron chi connectivity index (χ3n) is 5.52. The van der Waals surface area contributed by atoms with Gasteiger partial charge in [0.05, 0.1) is 35.5 Å².